The summed E-state index contributed by atoms with van der Waals surface area (Å²) in [5.74, 6) is 0. The molecule has 74 valence electrons. The van der Waals surface area contributed by atoms with Crippen molar-refractivity contribution in [3.8, 4) is 11.1 Å². The van der Waals surface area contributed by atoms with Crippen molar-refractivity contribution in [2.24, 2.45) is 0 Å². The van der Waals surface area contributed by atoms with Gasteiger partial charge in [0.2, 0.25) is 0 Å². The molecule has 0 atom stereocenters. The summed E-state index contributed by atoms with van der Waals surface area (Å²) in [5.41, 5.74) is 4.20. The minimum absolute atomic E-state index is 0.964. The topological polar surface area (TPSA) is 46.0 Å². The first-order valence-electron chi connectivity index (χ1n) is 4.77. The van der Waals surface area contributed by atoms with Crippen molar-refractivity contribution in [3.05, 3.63) is 42.6 Å². The van der Waals surface area contributed by atoms with Gasteiger partial charge in [0, 0.05) is 24.2 Å². The molecule has 0 saturated carbocycles. The van der Waals surface area contributed by atoms with Gasteiger partial charge in [-0.1, -0.05) is 0 Å². The molecule has 0 spiro atoms. The lowest BCUT2D eigenvalue weighted by Crippen LogP contribution is -1.83. The van der Waals surface area contributed by atoms with Crippen LogP contribution >= 0.6 is 0 Å². The number of fused-ring (bicyclic) bond motifs is 1. The lowest BCUT2D eigenvalue weighted by molar-refractivity contribution is 1.09. The quantitative estimate of drug-likeness (QED) is 0.650. The maximum Gasteiger partial charge on any atom is 0.137 e. The summed E-state index contributed by atoms with van der Waals surface area (Å²) >= 11 is 0. The van der Waals surface area contributed by atoms with E-state index in [-0.39, 0.29) is 0 Å². The third-order valence-corrected chi connectivity index (χ3v) is 2.41. The van der Waals surface area contributed by atoms with Crippen LogP contribution in [0.1, 0.15) is 5.69 Å². The molecule has 0 amide bonds. The van der Waals surface area contributed by atoms with Gasteiger partial charge in [0.05, 0.1) is 11.9 Å². The highest BCUT2D eigenvalue weighted by Crippen LogP contribution is 2.19. The van der Waals surface area contributed by atoms with Crippen LogP contribution in [0.15, 0.2) is 36.9 Å². The number of aromatic amines is 1. The van der Waals surface area contributed by atoms with Gasteiger partial charge in [-0.05, 0) is 24.6 Å². The Morgan fingerprint density at radius 3 is 3.07 bits per heavy atom. The van der Waals surface area contributed by atoms with Crippen LogP contribution < -0.4 is 0 Å². The molecule has 0 aromatic carbocycles. The normalized spacial score (nSPS) is 11.0. The van der Waals surface area contributed by atoms with Crippen molar-refractivity contribution in [2.45, 2.75) is 6.92 Å². The average molecular weight is 198 g/mol. The zero-order valence-corrected chi connectivity index (χ0v) is 8.31. The largest absolute Gasteiger partial charge is 0.307 e. The van der Waals surface area contributed by atoms with Gasteiger partial charge in [-0.15, -0.1) is 0 Å². The van der Waals surface area contributed by atoms with Crippen LogP contribution in [0.25, 0.3) is 16.8 Å². The molecule has 1 N–H and O–H groups in total. The fourth-order valence-electron chi connectivity index (χ4n) is 1.70. The predicted molar refractivity (Wildman–Crippen MR) is 57.5 cm³/mol. The van der Waals surface area contributed by atoms with Crippen LogP contribution in [-0.4, -0.2) is 19.6 Å². The molecule has 0 aliphatic rings. The second-order valence-corrected chi connectivity index (χ2v) is 3.55. The number of nitrogens with one attached hydrogen (secondary N) is 1. The maximum absolute atomic E-state index is 4.42. The second-order valence-electron chi connectivity index (χ2n) is 3.55. The summed E-state index contributed by atoms with van der Waals surface area (Å²) in [4.78, 5) is 4.42. The van der Waals surface area contributed by atoms with E-state index in [0.29, 0.717) is 0 Å². The molecule has 4 nitrogen and oxygen atoms in total. The maximum atomic E-state index is 4.42. The van der Waals surface area contributed by atoms with Crippen molar-refractivity contribution in [1.82, 2.24) is 19.6 Å². The molecule has 3 rings (SSSR count). The standard InChI is InChI=1S/C11H10N4/c1-8-7-15-3-2-9(4-11(15)14-8)10-5-12-13-6-10/h2-7H,1H3,(H,12,13). The highest BCUT2D eigenvalue weighted by molar-refractivity contribution is 5.66. The van der Waals surface area contributed by atoms with Crippen LogP contribution in [0, 0.1) is 6.92 Å². The minimum Gasteiger partial charge on any atom is -0.307 e. The van der Waals surface area contributed by atoms with Crippen LogP contribution in [-0.2, 0) is 0 Å². The van der Waals surface area contributed by atoms with Crippen LogP contribution in [0.4, 0.5) is 0 Å². The number of imidazole rings is 1. The van der Waals surface area contributed by atoms with E-state index in [2.05, 4.69) is 27.3 Å². The number of aryl methyl sites for hydroxylation is 1. The second kappa shape index (κ2) is 2.95. The summed E-state index contributed by atoms with van der Waals surface area (Å²) in [7, 11) is 0. The summed E-state index contributed by atoms with van der Waals surface area (Å²) in [6.07, 6.45) is 7.70. The summed E-state index contributed by atoms with van der Waals surface area (Å²) in [6, 6.07) is 4.11. The molecule has 0 fully saturated rings. The minimum atomic E-state index is 0.964. The van der Waals surface area contributed by atoms with Gasteiger partial charge in [0.15, 0.2) is 0 Å². The van der Waals surface area contributed by atoms with E-state index in [1.807, 2.05) is 36.1 Å². The molecule has 3 aromatic rings. The number of hydrogen-bond donors (Lipinski definition) is 1. The van der Waals surface area contributed by atoms with E-state index in [1.54, 1.807) is 0 Å². The Kier molecular flexibility index (Phi) is 1.62. The Labute approximate surface area is 86.6 Å². The number of hydrogen-bond acceptors (Lipinski definition) is 2. The van der Waals surface area contributed by atoms with Crippen molar-refractivity contribution in [2.75, 3.05) is 0 Å². The molecule has 0 unspecified atom stereocenters. The molecule has 3 aromatic heterocycles. The van der Waals surface area contributed by atoms with E-state index in [9.17, 15) is 0 Å². The Balaban J connectivity index is 2.21. The molecule has 4 heteroatoms. The Bertz CT molecular complexity index is 592. The molecular weight excluding hydrogens is 188 g/mol. The predicted octanol–water partition coefficient (Wildman–Crippen LogP) is 2.03. The number of aromatic nitrogens is 4. The molecular formula is C11H10N4. The number of pyridine rings is 1. The first-order valence-corrected chi connectivity index (χ1v) is 4.77. The smallest absolute Gasteiger partial charge is 0.137 e. The summed E-state index contributed by atoms with van der Waals surface area (Å²) in [6.45, 7) is 1.99. The van der Waals surface area contributed by atoms with Crippen LogP contribution in [0.2, 0.25) is 0 Å². The lowest BCUT2D eigenvalue weighted by Gasteiger charge is -1.97. The zero-order chi connectivity index (χ0) is 10.3. The average Bonchev–Trinajstić information content (AvgIpc) is 2.82. The van der Waals surface area contributed by atoms with Crippen molar-refractivity contribution in [1.29, 1.82) is 0 Å². The fraction of sp³-hybridized carbons (Fsp3) is 0.0909. The zero-order valence-electron chi connectivity index (χ0n) is 8.31. The number of H-pyrrole nitrogens is 1. The van der Waals surface area contributed by atoms with Gasteiger partial charge in [0.1, 0.15) is 5.65 Å². The van der Waals surface area contributed by atoms with E-state index < -0.39 is 0 Å². The van der Waals surface area contributed by atoms with Gasteiger partial charge < -0.3 is 4.40 Å². The molecule has 0 saturated heterocycles. The fourth-order valence-corrected chi connectivity index (χ4v) is 1.70. The van der Waals surface area contributed by atoms with Gasteiger partial charge in [-0.2, -0.15) is 5.10 Å². The van der Waals surface area contributed by atoms with E-state index in [1.165, 1.54) is 0 Å². The van der Waals surface area contributed by atoms with Crippen molar-refractivity contribution >= 4 is 5.65 Å². The van der Waals surface area contributed by atoms with Gasteiger partial charge >= 0.3 is 0 Å². The SMILES string of the molecule is Cc1cn2ccc(-c3cn[nH]c3)cc2n1. The Morgan fingerprint density at radius 1 is 1.33 bits per heavy atom. The number of rotatable bonds is 1. The molecule has 15 heavy (non-hydrogen) atoms. The molecule has 0 bridgehead atoms. The lowest BCUT2D eigenvalue weighted by atomic mass is 10.1. The highest BCUT2D eigenvalue weighted by atomic mass is 15.1. The first kappa shape index (κ1) is 8.23. The Morgan fingerprint density at radius 2 is 2.27 bits per heavy atom. The van der Waals surface area contributed by atoms with Gasteiger partial charge in [0.25, 0.3) is 0 Å². The molecule has 0 aliphatic carbocycles. The molecule has 3 heterocycles. The third kappa shape index (κ3) is 1.30. The van der Waals surface area contributed by atoms with Gasteiger partial charge in [-0.3, -0.25) is 5.10 Å². The van der Waals surface area contributed by atoms with E-state index in [4.69, 9.17) is 0 Å². The summed E-state index contributed by atoms with van der Waals surface area (Å²) in [5, 5.41) is 6.74. The molecule has 0 aliphatic heterocycles. The molecule has 0 radical (unpaired) electrons. The summed E-state index contributed by atoms with van der Waals surface area (Å²) < 4.78 is 2.01. The third-order valence-electron chi connectivity index (χ3n) is 2.41. The highest BCUT2D eigenvalue weighted by Gasteiger charge is 2.02. The van der Waals surface area contributed by atoms with Crippen LogP contribution in [0.3, 0.4) is 0 Å². The number of nitrogens with zero attached hydrogens (tertiary/aromatic N) is 3. The Hall–Kier alpha value is -2.10. The van der Waals surface area contributed by atoms with Crippen LogP contribution in [0.5, 0.6) is 0 Å². The van der Waals surface area contributed by atoms with Crippen molar-refractivity contribution in [3.63, 3.8) is 0 Å². The van der Waals surface area contributed by atoms with E-state index >= 15 is 0 Å². The van der Waals surface area contributed by atoms with E-state index in [0.717, 1.165) is 22.5 Å². The monoisotopic (exact) mass is 198 g/mol. The van der Waals surface area contributed by atoms with Crippen molar-refractivity contribution < 1.29 is 0 Å². The van der Waals surface area contributed by atoms with Gasteiger partial charge in [-0.25, -0.2) is 4.98 Å². The first-order chi connectivity index (χ1) is 7.33.